The average Bonchev–Trinajstić information content (AvgIpc) is 2.00. The minimum atomic E-state index is -0.556. The van der Waals surface area contributed by atoms with Gasteiger partial charge in [-0.25, -0.2) is 0 Å². The molecule has 0 saturated heterocycles. The topological polar surface area (TPSA) is 78.3 Å². The Bertz CT molecular complexity index is 157. The van der Waals surface area contributed by atoms with Crippen molar-refractivity contribution in [2.24, 2.45) is 11.5 Å². The van der Waals surface area contributed by atoms with E-state index >= 15 is 0 Å². The maximum atomic E-state index is 10.6. The third kappa shape index (κ3) is 4.31. The maximum Gasteiger partial charge on any atom is 0.234 e. The summed E-state index contributed by atoms with van der Waals surface area (Å²) in [6.45, 7) is 3.89. The SMILES string of the molecule is COC(C)(C)CCC(N)C(N)=O. The number of nitrogens with two attached hydrogens (primary N) is 2. The quantitative estimate of drug-likeness (QED) is 0.616. The van der Waals surface area contributed by atoms with Crippen LogP contribution in [0.2, 0.25) is 0 Å². The van der Waals surface area contributed by atoms with Gasteiger partial charge in [-0.2, -0.15) is 0 Å². The van der Waals surface area contributed by atoms with Crippen LogP contribution in [0.3, 0.4) is 0 Å². The maximum absolute atomic E-state index is 10.6. The van der Waals surface area contributed by atoms with Gasteiger partial charge >= 0.3 is 0 Å². The van der Waals surface area contributed by atoms with Crippen molar-refractivity contribution in [3.05, 3.63) is 0 Å². The van der Waals surface area contributed by atoms with Crippen LogP contribution in [0, 0.1) is 0 Å². The third-order valence-electron chi connectivity index (χ3n) is 1.98. The summed E-state index contributed by atoms with van der Waals surface area (Å²) in [6.07, 6.45) is 1.30. The van der Waals surface area contributed by atoms with Crippen molar-refractivity contribution in [3.8, 4) is 0 Å². The highest BCUT2D eigenvalue weighted by Gasteiger charge is 2.19. The van der Waals surface area contributed by atoms with E-state index in [1.54, 1.807) is 7.11 Å². The number of methoxy groups -OCH3 is 1. The minimum Gasteiger partial charge on any atom is -0.379 e. The van der Waals surface area contributed by atoms with E-state index in [-0.39, 0.29) is 5.60 Å². The normalized spacial score (nSPS) is 14.3. The van der Waals surface area contributed by atoms with Gasteiger partial charge in [0.1, 0.15) is 0 Å². The molecule has 12 heavy (non-hydrogen) atoms. The molecular formula is C8H18N2O2. The predicted octanol–water partition coefficient (Wildman–Crippen LogP) is 0.00420. The Morgan fingerprint density at radius 1 is 1.58 bits per heavy atom. The van der Waals surface area contributed by atoms with Gasteiger partial charge in [-0.3, -0.25) is 4.79 Å². The first-order valence-electron chi connectivity index (χ1n) is 3.99. The number of rotatable bonds is 5. The summed E-state index contributed by atoms with van der Waals surface area (Å²) >= 11 is 0. The highest BCUT2D eigenvalue weighted by atomic mass is 16.5. The van der Waals surface area contributed by atoms with Crippen molar-refractivity contribution in [2.45, 2.75) is 38.3 Å². The Balaban J connectivity index is 3.75. The van der Waals surface area contributed by atoms with Crippen LogP contribution in [0.5, 0.6) is 0 Å². The number of ether oxygens (including phenoxy) is 1. The molecule has 0 spiro atoms. The summed E-state index contributed by atoms with van der Waals surface area (Å²) < 4.78 is 5.16. The molecule has 72 valence electrons. The molecule has 4 N–H and O–H groups in total. The summed E-state index contributed by atoms with van der Waals surface area (Å²) in [7, 11) is 1.63. The van der Waals surface area contributed by atoms with E-state index in [9.17, 15) is 4.79 Å². The molecule has 0 bridgehead atoms. The Morgan fingerprint density at radius 3 is 2.42 bits per heavy atom. The number of hydrogen-bond donors (Lipinski definition) is 2. The van der Waals surface area contributed by atoms with Crippen LogP contribution < -0.4 is 11.5 Å². The van der Waals surface area contributed by atoms with Crippen LogP contribution in [-0.2, 0) is 9.53 Å². The second kappa shape index (κ2) is 4.42. The number of primary amides is 1. The molecule has 0 fully saturated rings. The Kier molecular flexibility index (Phi) is 4.20. The zero-order valence-corrected chi connectivity index (χ0v) is 7.96. The molecule has 0 aromatic carbocycles. The molecule has 0 saturated carbocycles. The van der Waals surface area contributed by atoms with Crippen LogP contribution in [0.25, 0.3) is 0 Å². The second-order valence-corrected chi connectivity index (χ2v) is 3.51. The van der Waals surface area contributed by atoms with Gasteiger partial charge in [0, 0.05) is 7.11 Å². The zero-order chi connectivity index (χ0) is 9.78. The van der Waals surface area contributed by atoms with Crippen LogP contribution in [-0.4, -0.2) is 24.7 Å². The van der Waals surface area contributed by atoms with Crippen LogP contribution >= 0.6 is 0 Å². The molecule has 0 radical (unpaired) electrons. The summed E-state index contributed by atoms with van der Waals surface area (Å²) in [5.74, 6) is -0.457. The fraction of sp³-hybridized carbons (Fsp3) is 0.875. The molecule has 1 amide bonds. The molecule has 4 heteroatoms. The fourth-order valence-electron chi connectivity index (χ4n) is 0.747. The first-order chi connectivity index (χ1) is 5.39. The second-order valence-electron chi connectivity index (χ2n) is 3.51. The summed E-state index contributed by atoms with van der Waals surface area (Å²) in [4.78, 5) is 10.6. The molecule has 1 atom stereocenters. The number of hydrogen-bond acceptors (Lipinski definition) is 3. The predicted molar refractivity (Wildman–Crippen MR) is 47.5 cm³/mol. The largest absolute Gasteiger partial charge is 0.379 e. The summed E-state index contributed by atoms with van der Waals surface area (Å²) in [5.41, 5.74) is 10.2. The first-order valence-corrected chi connectivity index (χ1v) is 3.99. The van der Waals surface area contributed by atoms with Crippen molar-refractivity contribution < 1.29 is 9.53 Å². The lowest BCUT2D eigenvalue weighted by Gasteiger charge is -2.23. The van der Waals surface area contributed by atoms with Crippen molar-refractivity contribution in [3.63, 3.8) is 0 Å². The van der Waals surface area contributed by atoms with E-state index < -0.39 is 11.9 Å². The van der Waals surface area contributed by atoms with Crippen LogP contribution in [0.15, 0.2) is 0 Å². The van der Waals surface area contributed by atoms with Crippen molar-refractivity contribution in [1.29, 1.82) is 0 Å². The Hall–Kier alpha value is -0.610. The number of carbonyl (C=O) groups excluding carboxylic acids is 1. The van der Waals surface area contributed by atoms with E-state index in [1.807, 2.05) is 13.8 Å². The molecule has 1 unspecified atom stereocenters. The van der Waals surface area contributed by atoms with Gasteiger partial charge in [0.15, 0.2) is 0 Å². The lowest BCUT2D eigenvalue weighted by Crippen LogP contribution is -2.38. The highest BCUT2D eigenvalue weighted by molar-refractivity contribution is 5.79. The van der Waals surface area contributed by atoms with Gasteiger partial charge in [0.2, 0.25) is 5.91 Å². The molecular weight excluding hydrogens is 156 g/mol. The molecule has 4 nitrogen and oxygen atoms in total. The molecule has 0 heterocycles. The van der Waals surface area contributed by atoms with Crippen molar-refractivity contribution in [1.82, 2.24) is 0 Å². The molecule has 0 aromatic rings. The van der Waals surface area contributed by atoms with Crippen LogP contribution in [0.4, 0.5) is 0 Å². The third-order valence-corrected chi connectivity index (χ3v) is 1.98. The van der Waals surface area contributed by atoms with E-state index in [2.05, 4.69) is 0 Å². The molecule has 0 aliphatic heterocycles. The first kappa shape index (κ1) is 11.4. The Labute approximate surface area is 73.2 Å². The van der Waals surface area contributed by atoms with Crippen molar-refractivity contribution >= 4 is 5.91 Å². The van der Waals surface area contributed by atoms with Crippen LogP contribution in [0.1, 0.15) is 26.7 Å². The molecule has 0 rings (SSSR count). The van der Waals surface area contributed by atoms with Gasteiger partial charge in [-0.15, -0.1) is 0 Å². The van der Waals surface area contributed by atoms with Gasteiger partial charge in [0.05, 0.1) is 11.6 Å². The van der Waals surface area contributed by atoms with Crippen molar-refractivity contribution in [2.75, 3.05) is 7.11 Å². The van der Waals surface area contributed by atoms with E-state index in [1.165, 1.54) is 0 Å². The zero-order valence-electron chi connectivity index (χ0n) is 7.96. The van der Waals surface area contributed by atoms with E-state index in [0.717, 1.165) is 6.42 Å². The average molecular weight is 174 g/mol. The lowest BCUT2D eigenvalue weighted by molar-refractivity contribution is -0.119. The van der Waals surface area contributed by atoms with E-state index in [4.69, 9.17) is 16.2 Å². The lowest BCUT2D eigenvalue weighted by atomic mass is 9.99. The molecule has 0 aliphatic carbocycles. The van der Waals surface area contributed by atoms with Gasteiger partial charge in [-0.05, 0) is 26.7 Å². The monoisotopic (exact) mass is 174 g/mol. The van der Waals surface area contributed by atoms with Gasteiger partial charge in [0.25, 0.3) is 0 Å². The van der Waals surface area contributed by atoms with E-state index in [0.29, 0.717) is 6.42 Å². The molecule has 0 aromatic heterocycles. The fourth-order valence-corrected chi connectivity index (χ4v) is 0.747. The molecule has 0 aliphatic rings. The summed E-state index contributed by atoms with van der Waals surface area (Å²) in [6, 6.07) is -0.556. The minimum absolute atomic E-state index is 0.229. The van der Waals surface area contributed by atoms with Gasteiger partial charge in [-0.1, -0.05) is 0 Å². The Morgan fingerprint density at radius 2 is 2.08 bits per heavy atom. The highest BCUT2D eigenvalue weighted by Crippen LogP contribution is 2.15. The summed E-state index contributed by atoms with van der Waals surface area (Å²) in [5, 5.41) is 0. The standard InChI is InChI=1S/C8H18N2O2/c1-8(2,12-3)5-4-6(9)7(10)11/h6H,4-5,9H2,1-3H3,(H2,10,11). The smallest absolute Gasteiger partial charge is 0.234 e. The number of carbonyl (C=O) groups is 1. The number of amides is 1. The van der Waals surface area contributed by atoms with Gasteiger partial charge < -0.3 is 16.2 Å².